The van der Waals surface area contributed by atoms with Gasteiger partial charge in [0.2, 0.25) is 0 Å². The van der Waals surface area contributed by atoms with Gasteiger partial charge in [0.15, 0.2) is 0 Å². The van der Waals surface area contributed by atoms with Crippen LogP contribution in [0.1, 0.15) is 0 Å². The molecule has 1 aromatic heterocycles. The highest BCUT2D eigenvalue weighted by Crippen LogP contribution is 2.36. The minimum Gasteiger partial charge on any atom is -0.127 e. The third-order valence-corrected chi connectivity index (χ3v) is 4.34. The van der Waals surface area contributed by atoms with Crippen LogP contribution in [0.4, 0.5) is 0 Å². The average Bonchev–Trinajstić information content (AvgIpc) is 2.10. The molecule has 1 heterocycles. The molecule has 0 aliphatic carbocycles. The zero-order chi connectivity index (χ0) is 6.85. The van der Waals surface area contributed by atoms with E-state index in [4.69, 9.17) is 0 Å². The first-order valence-corrected chi connectivity index (χ1v) is 5.85. The molecule has 0 fully saturated rings. The van der Waals surface area contributed by atoms with E-state index in [-0.39, 0.29) is 0 Å². The number of thioether (sulfide) groups is 1. The van der Waals surface area contributed by atoms with Crippen LogP contribution in [-0.2, 0) is 0 Å². The Morgan fingerprint density at radius 3 is 2.44 bits per heavy atom. The van der Waals surface area contributed by atoms with Crippen LogP contribution in [0.3, 0.4) is 0 Å². The van der Waals surface area contributed by atoms with Crippen molar-refractivity contribution in [2.24, 2.45) is 0 Å². The smallest absolute Gasteiger partial charge is 0.0846 e. The first-order valence-electron chi connectivity index (χ1n) is 2.23. The van der Waals surface area contributed by atoms with Gasteiger partial charge in [-0.3, -0.25) is 0 Å². The molecule has 1 rings (SSSR count). The zero-order valence-electron chi connectivity index (χ0n) is 4.65. The summed E-state index contributed by atoms with van der Waals surface area (Å²) >= 11 is 10.3. The highest BCUT2D eigenvalue weighted by atomic mass is 79.9. The van der Waals surface area contributed by atoms with Gasteiger partial charge >= 0.3 is 0 Å². The van der Waals surface area contributed by atoms with Crippen LogP contribution < -0.4 is 0 Å². The van der Waals surface area contributed by atoms with Crippen LogP contribution in [0, 0.1) is 0 Å². The Bertz CT molecular complexity index is 207. The van der Waals surface area contributed by atoms with Crippen molar-refractivity contribution in [3.05, 3.63) is 13.6 Å². The van der Waals surface area contributed by atoms with E-state index in [2.05, 4.69) is 44.2 Å². The molecule has 0 N–H and O–H groups in total. The fraction of sp³-hybridized carbons (Fsp3) is 0.200. The Morgan fingerprint density at radius 1 is 1.56 bits per heavy atom. The van der Waals surface area contributed by atoms with E-state index in [1.54, 1.807) is 23.1 Å². The highest BCUT2D eigenvalue weighted by Gasteiger charge is 2.01. The molecule has 0 amide bonds. The van der Waals surface area contributed by atoms with Crippen LogP contribution >= 0.6 is 55.0 Å². The summed E-state index contributed by atoms with van der Waals surface area (Å²) in [5.41, 5.74) is 0. The number of hydrogen-bond acceptors (Lipinski definition) is 2. The Kier molecular flexibility index (Phi) is 3.08. The van der Waals surface area contributed by atoms with Crippen LogP contribution in [0.5, 0.6) is 0 Å². The fourth-order valence-corrected chi connectivity index (χ4v) is 4.46. The van der Waals surface area contributed by atoms with E-state index in [0.29, 0.717) is 0 Å². The van der Waals surface area contributed by atoms with Crippen LogP contribution in [0.15, 0.2) is 18.5 Å². The van der Waals surface area contributed by atoms with Gasteiger partial charge in [-0.15, -0.1) is 23.1 Å². The molecule has 9 heavy (non-hydrogen) atoms. The molecule has 0 aromatic carbocycles. The number of rotatable bonds is 1. The van der Waals surface area contributed by atoms with Crippen molar-refractivity contribution in [2.45, 2.75) is 4.90 Å². The van der Waals surface area contributed by atoms with Gasteiger partial charge < -0.3 is 0 Å². The molecule has 0 nitrogen and oxygen atoms in total. The summed E-state index contributed by atoms with van der Waals surface area (Å²) in [7, 11) is 0. The van der Waals surface area contributed by atoms with Gasteiger partial charge in [-0.25, -0.2) is 0 Å². The van der Waals surface area contributed by atoms with Crippen LogP contribution in [-0.4, -0.2) is 6.26 Å². The van der Waals surface area contributed by atoms with Gasteiger partial charge in [-0.1, -0.05) is 0 Å². The molecule has 1 aromatic rings. The Balaban J connectivity index is 3.01. The molecule has 0 aliphatic rings. The maximum atomic E-state index is 3.44. The Hall–Kier alpha value is 1.01. The lowest BCUT2D eigenvalue weighted by Gasteiger charge is -1.85. The molecule has 0 atom stereocenters. The standard InChI is InChI=1S/C5H4Br2S2/c1-8-3-2-4(6)9-5(3)7/h2H,1H3. The average molecular weight is 288 g/mol. The van der Waals surface area contributed by atoms with E-state index < -0.39 is 0 Å². The molecule has 50 valence electrons. The summed E-state index contributed by atoms with van der Waals surface area (Å²) in [5.74, 6) is 0. The van der Waals surface area contributed by atoms with E-state index in [0.717, 1.165) is 0 Å². The van der Waals surface area contributed by atoms with Crippen LogP contribution in [0.2, 0.25) is 0 Å². The fourth-order valence-electron chi connectivity index (χ4n) is 0.464. The first-order chi connectivity index (χ1) is 4.24. The SMILES string of the molecule is CSc1cc(Br)sc1Br. The molecule has 4 heteroatoms. The number of thiophene rings is 1. The lowest BCUT2D eigenvalue weighted by atomic mass is 10.7. The second-order valence-electron chi connectivity index (χ2n) is 1.39. The van der Waals surface area contributed by atoms with Gasteiger partial charge in [0.1, 0.15) is 0 Å². The van der Waals surface area contributed by atoms with Gasteiger partial charge in [0.05, 0.1) is 7.57 Å². The molecule has 0 aliphatic heterocycles. The summed E-state index contributed by atoms with van der Waals surface area (Å²) in [6.07, 6.45) is 2.07. The predicted molar refractivity (Wildman–Crippen MR) is 51.5 cm³/mol. The molecule has 0 saturated carbocycles. The lowest BCUT2D eigenvalue weighted by Crippen LogP contribution is -1.56. The van der Waals surface area contributed by atoms with E-state index >= 15 is 0 Å². The maximum Gasteiger partial charge on any atom is 0.0846 e. The Morgan fingerprint density at radius 2 is 2.22 bits per heavy atom. The van der Waals surface area contributed by atoms with Crippen molar-refractivity contribution < 1.29 is 0 Å². The van der Waals surface area contributed by atoms with E-state index in [9.17, 15) is 0 Å². The molecular weight excluding hydrogens is 284 g/mol. The van der Waals surface area contributed by atoms with Crippen molar-refractivity contribution >= 4 is 55.0 Å². The van der Waals surface area contributed by atoms with E-state index in [1.807, 2.05) is 0 Å². The molecule has 0 radical (unpaired) electrons. The summed E-state index contributed by atoms with van der Waals surface area (Å²) < 4.78 is 2.39. The van der Waals surface area contributed by atoms with Crippen molar-refractivity contribution in [3.8, 4) is 0 Å². The summed E-state index contributed by atoms with van der Waals surface area (Å²) in [6, 6.07) is 2.11. The van der Waals surface area contributed by atoms with Gasteiger partial charge in [-0.2, -0.15) is 0 Å². The number of hydrogen-bond donors (Lipinski definition) is 0. The summed E-state index contributed by atoms with van der Waals surface area (Å²) in [5, 5.41) is 0. The molecule has 0 saturated heterocycles. The quantitative estimate of drug-likeness (QED) is 0.704. The monoisotopic (exact) mass is 286 g/mol. The second-order valence-corrected chi connectivity index (χ2v) is 5.99. The van der Waals surface area contributed by atoms with Gasteiger partial charge in [0, 0.05) is 4.90 Å². The van der Waals surface area contributed by atoms with Crippen molar-refractivity contribution in [2.75, 3.05) is 6.26 Å². The lowest BCUT2D eigenvalue weighted by molar-refractivity contribution is 1.54. The summed E-state index contributed by atoms with van der Waals surface area (Å²) in [6.45, 7) is 0. The predicted octanol–water partition coefficient (Wildman–Crippen LogP) is 4.00. The molecule has 0 bridgehead atoms. The molecular formula is C5H4Br2S2. The van der Waals surface area contributed by atoms with Crippen molar-refractivity contribution in [1.82, 2.24) is 0 Å². The minimum atomic E-state index is 1.18. The van der Waals surface area contributed by atoms with Crippen molar-refractivity contribution in [1.29, 1.82) is 0 Å². The zero-order valence-corrected chi connectivity index (χ0v) is 9.45. The summed E-state index contributed by atoms with van der Waals surface area (Å²) in [4.78, 5) is 1.30. The molecule has 0 unspecified atom stereocenters. The van der Waals surface area contributed by atoms with Gasteiger partial charge in [0.25, 0.3) is 0 Å². The third-order valence-electron chi connectivity index (χ3n) is 0.845. The maximum absolute atomic E-state index is 3.44. The highest BCUT2D eigenvalue weighted by molar-refractivity contribution is 9.12. The topological polar surface area (TPSA) is 0 Å². The van der Waals surface area contributed by atoms with Crippen molar-refractivity contribution in [3.63, 3.8) is 0 Å². The minimum absolute atomic E-state index is 1.18. The van der Waals surface area contributed by atoms with Crippen LogP contribution in [0.25, 0.3) is 0 Å². The Labute approximate surface area is 79.3 Å². The van der Waals surface area contributed by atoms with E-state index in [1.165, 1.54) is 12.5 Å². The third kappa shape index (κ3) is 1.97. The van der Waals surface area contributed by atoms with Gasteiger partial charge in [-0.05, 0) is 44.2 Å². The molecule has 0 spiro atoms. The normalized spacial score (nSPS) is 10.1. The second kappa shape index (κ2) is 3.42. The number of halogens is 2. The largest absolute Gasteiger partial charge is 0.127 e. The first kappa shape index (κ1) is 8.11.